The molecule has 0 atom stereocenters. The Kier molecular flexibility index (Phi) is 4.33. The third-order valence-corrected chi connectivity index (χ3v) is 3.69. The zero-order valence-electron chi connectivity index (χ0n) is 11.9. The molecule has 0 fully saturated rings. The van der Waals surface area contributed by atoms with Crippen LogP contribution in [0.4, 0.5) is 5.82 Å². The summed E-state index contributed by atoms with van der Waals surface area (Å²) in [6, 6.07) is 13.0. The maximum atomic E-state index is 11.9. The number of anilines is 1. The lowest BCUT2D eigenvalue weighted by Gasteiger charge is -2.13. The Bertz CT molecular complexity index is 971. The molecule has 3 aromatic rings. The Morgan fingerprint density at radius 2 is 1.96 bits per heavy atom. The highest BCUT2D eigenvalue weighted by Crippen LogP contribution is 2.29. The molecule has 0 aliphatic rings. The fourth-order valence-electron chi connectivity index (χ4n) is 2.08. The van der Waals surface area contributed by atoms with Gasteiger partial charge in [0.2, 0.25) is 0 Å². The lowest BCUT2D eigenvalue weighted by molar-refractivity contribution is -0.115. The minimum Gasteiger partial charge on any atom is -0.306 e. The van der Waals surface area contributed by atoms with E-state index in [-0.39, 0.29) is 11.4 Å². The van der Waals surface area contributed by atoms with E-state index in [1.165, 1.54) is 10.9 Å². The van der Waals surface area contributed by atoms with E-state index < -0.39 is 9.70 Å². The Morgan fingerprint density at radius 1 is 1.21 bits per heavy atom. The Labute approximate surface area is 151 Å². The van der Waals surface area contributed by atoms with Crippen LogP contribution >= 0.6 is 34.8 Å². The first-order valence-electron chi connectivity index (χ1n) is 6.62. The van der Waals surface area contributed by atoms with Gasteiger partial charge in [0.05, 0.1) is 11.7 Å². The fourth-order valence-corrected chi connectivity index (χ4v) is 2.22. The molecule has 0 saturated heterocycles. The van der Waals surface area contributed by atoms with Crippen molar-refractivity contribution in [2.45, 2.75) is 3.79 Å². The van der Waals surface area contributed by atoms with Gasteiger partial charge in [-0.2, -0.15) is 15.0 Å². The number of hydrogen-bond acceptors (Lipinski definition) is 4. The molecule has 0 spiro atoms. The average Bonchev–Trinajstić information content (AvgIpc) is 2.96. The number of carbonyl (C=O) groups excluding carboxylic acids is 1. The molecule has 0 aliphatic heterocycles. The maximum absolute atomic E-state index is 11.9. The monoisotopic (exact) mass is 379 g/mol. The molecule has 6 nitrogen and oxygen atoms in total. The Balaban J connectivity index is 2.09. The molecule has 0 unspecified atom stereocenters. The van der Waals surface area contributed by atoms with Crippen molar-refractivity contribution < 1.29 is 4.79 Å². The van der Waals surface area contributed by atoms with Gasteiger partial charge in [0.1, 0.15) is 11.6 Å². The molecule has 0 saturated carbocycles. The number of benzene rings is 1. The first-order valence-corrected chi connectivity index (χ1v) is 7.76. The number of alkyl halides is 3. The van der Waals surface area contributed by atoms with Crippen LogP contribution in [0.2, 0.25) is 0 Å². The van der Waals surface area contributed by atoms with Gasteiger partial charge in [-0.05, 0) is 18.2 Å². The van der Waals surface area contributed by atoms with Gasteiger partial charge in [-0.25, -0.2) is 4.98 Å². The second-order valence-corrected chi connectivity index (χ2v) is 7.03. The van der Waals surface area contributed by atoms with Gasteiger partial charge in [0.15, 0.2) is 11.6 Å². The number of nitrogens with zero attached hydrogens (tertiary/aromatic N) is 4. The maximum Gasteiger partial charge on any atom is 0.277 e. The molecule has 2 aromatic heterocycles. The van der Waals surface area contributed by atoms with Gasteiger partial charge >= 0.3 is 0 Å². The molecular formula is C15H8Cl3N5O. The lowest BCUT2D eigenvalue weighted by Crippen LogP contribution is -2.28. The van der Waals surface area contributed by atoms with Crippen molar-refractivity contribution >= 4 is 57.4 Å². The quantitative estimate of drug-likeness (QED) is 0.688. The van der Waals surface area contributed by atoms with Gasteiger partial charge in [0.25, 0.3) is 9.70 Å². The zero-order chi connectivity index (χ0) is 17.3. The molecule has 1 aromatic carbocycles. The molecule has 9 heteroatoms. The molecule has 1 N–H and O–H groups in total. The number of fused-ring (bicyclic) bond motifs is 1. The van der Waals surface area contributed by atoms with Crippen molar-refractivity contribution in [3.63, 3.8) is 0 Å². The van der Waals surface area contributed by atoms with E-state index in [1.807, 2.05) is 36.4 Å². The Morgan fingerprint density at radius 3 is 2.67 bits per heavy atom. The summed E-state index contributed by atoms with van der Waals surface area (Å²) in [7, 11) is 0. The minimum atomic E-state index is -2.17. The van der Waals surface area contributed by atoms with Crippen molar-refractivity contribution in [3.8, 4) is 11.9 Å². The van der Waals surface area contributed by atoms with Crippen molar-refractivity contribution in [3.05, 3.63) is 48.2 Å². The van der Waals surface area contributed by atoms with Crippen molar-refractivity contribution in [2.75, 3.05) is 5.32 Å². The van der Waals surface area contributed by atoms with Crippen LogP contribution < -0.4 is 5.32 Å². The van der Waals surface area contributed by atoms with Crippen LogP contribution in [-0.4, -0.2) is 24.5 Å². The topological polar surface area (TPSA) is 83.6 Å². The molecule has 0 bridgehead atoms. The fraction of sp³-hybridized carbons (Fsp3) is 0.0667. The SMILES string of the molecule is N#Cc1cnn(-c2ccc3ccccc3n2)c1NC(=O)C(Cl)(Cl)Cl. The van der Waals surface area contributed by atoms with Crippen molar-refractivity contribution in [1.82, 2.24) is 14.8 Å². The van der Waals surface area contributed by atoms with Gasteiger partial charge in [-0.1, -0.05) is 53.0 Å². The van der Waals surface area contributed by atoms with Crippen LogP contribution in [-0.2, 0) is 4.79 Å². The highest BCUT2D eigenvalue weighted by molar-refractivity contribution is 6.76. The third-order valence-electron chi connectivity index (χ3n) is 3.18. The summed E-state index contributed by atoms with van der Waals surface area (Å²) in [5.41, 5.74) is 0.857. The number of hydrogen-bond donors (Lipinski definition) is 1. The zero-order valence-corrected chi connectivity index (χ0v) is 14.1. The molecule has 2 heterocycles. The summed E-state index contributed by atoms with van der Waals surface area (Å²) in [5.74, 6) is -0.405. The van der Waals surface area contributed by atoms with E-state index in [2.05, 4.69) is 15.4 Å². The number of rotatable bonds is 2. The van der Waals surface area contributed by atoms with Gasteiger partial charge < -0.3 is 5.32 Å². The standard InChI is InChI=1S/C15H8Cl3N5O/c16-15(17,18)14(24)22-13-10(7-19)8-20-23(13)12-6-5-9-3-1-2-4-11(9)21-12/h1-6,8H,(H,22,24). The smallest absolute Gasteiger partial charge is 0.277 e. The van der Waals surface area contributed by atoms with E-state index in [9.17, 15) is 10.1 Å². The number of nitriles is 1. The highest BCUT2D eigenvalue weighted by Gasteiger charge is 2.32. The van der Waals surface area contributed by atoms with Crippen LogP contribution in [0.1, 0.15) is 5.56 Å². The van der Waals surface area contributed by atoms with E-state index in [0.29, 0.717) is 5.82 Å². The molecule has 1 amide bonds. The number of pyridine rings is 1. The van der Waals surface area contributed by atoms with Crippen LogP contribution in [0.5, 0.6) is 0 Å². The predicted molar refractivity (Wildman–Crippen MR) is 92.5 cm³/mol. The summed E-state index contributed by atoms with van der Waals surface area (Å²) in [6.07, 6.45) is 1.30. The number of para-hydroxylation sites is 1. The average molecular weight is 381 g/mol. The van der Waals surface area contributed by atoms with Gasteiger partial charge in [-0.15, -0.1) is 0 Å². The largest absolute Gasteiger partial charge is 0.306 e. The molecule has 0 radical (unpaired) electrons. The first-order chi connectivity index (χ1) is 11.4. The van der Waals surface area contributed by atoms with E-state index >= 15 is 0 Å². The van der Waals surface area contributed by atoms with Crippen LogP contribution in [0.15, 0.2) is 42.6 Å². The predicted octanol–water partition coefficient (Wildman–Crippen LogP) is 3.60. The van der Waals surface area contributed by atoms with Crippen molar-refractivity contribution in [1.29, 1.82) is 5.26 Å². The van der Waals surface area contributed by atoms with Crippen molar-refractivity contribution in [2.24, 2.45) is 0 Å². The molecule has 24 heavy (non-hydrogen) atoms. The van der Waals surface area contributed by atoms with Crippen LogP contribution in [0.3, 0.4) is 0 Å². The van der Waals surface area contributed by atoms with E-state index in [4.69, 9.17) is 34.8 Å². The molecular weight excluding hydrogens is 373 g/mol. The summed E-state index contributed by atoms with van der Waals surface area (Å²) >= 11 is 16.7. The van der Waals surface area contributed by atoms with Gasteiger partial charge in [-0.3, -0.25) is 4.79 Å². The lowest BCUT2D eigenvalue weighted by atomic mass is 10.2. The first kappa shape index (κ1) is 16.5. The van der Waals surface area contributed by atoms with Crippen LogP contribution in [0.25, 0.3) is 16.7 Å². The minimum absolute atomic E-state index is 0.0802. The molecule has 0 aliphatic carbocycles. The van der Waals surface area contributed by atoms with Crippen LogP contribution in [0, 0.1) is 11.3 Å². The second kappa shape index (κ2) is 6.29. The summed E-state index contributed by atoms with van der Waals surface area (Å²) in [6.45, 7) is 0. The number of aromatic nitrogens is 3. The third kappa shape index (κ3) is 3.15. The molecule has 120 valence electrons. The molecule has 3 rings (SSSR count). The number of nitrogens with one attached hydrogen (secondary N) is 1. The normalized spacial score (nSPS) is 11.2. The van der Waals surface area contributed by atoms with Gasteiger partial charge in [0, 0.05) is 5.39 Å². The second-order valence-electron chi connectivity index (χ2n) is 4.74. The highest BCUT2D eigenvalue weighted by atomic mass is 35.6. The Hall–Kier alpha value is -2.33. The van der Waals surface area contributed by atoms with E-state index in [0.717, 1.165) is 10.9 Å². The number of halogens is 3. The number of amides is 1. The summed E-state index contributed by atoms with van der Waals surface area (Å²) in [5, 5.41) is 16.6. The summed E-state index contributed by atoms with van der Waals surface area (Å²) in [4.78, 5) is 16.4. The summed E-state index contributed by atoms with van der Waals surface area (Å²) < 4.78 is -0.863. The number of carbonyl (C=O) groups is 1. The van der Waals surface area contributed by atoms with E-state index in [1.54, 1.807) is 6.07 Å².